The van der Waals surface area contributed by atoms with Crippen molar-refractivity contribution < 1.29 is 14.3 Å². The molecule has 4 heteroatoms. The Morgan fingerprint density at radius 2 is 1.94 bits per heavy atom. The number of unbranched alkanes of at least 4 members (excludes halogenated alkanes) is 1. The van der Waals surface area contributed by atoms with Crippen LogP contribution in [-0.2, 0) is 9.47 Å². The second kappa shape index (κ2) is 7.62. The molecule has 1 aliphatic rings. The summed E-state index contributed by atoms with van der Waals surface area (Å²) in [6.07, 6.45) is 3.84. The first-order valence-electron chi connectivity index (χ1n) is 7.11. The van der Waals surface area contributed by atoms with E-state index < -0.39 is 0 Å². The third-order valence-corrected chi connectivity index (χ3v) is 3.61. The van der Waals surface area contributed by atoms with Crippen LogP contribution in [0, 0.1) is 5.41 Å². The zero-order chi connectivity index (χ0) is 13.4. The summed E-state index contributed by atoms with van der Waals surface area (Å²) < 4.78 is 10.7. The molecule has 0 unspecified atom stereocenters. The summed E-state index contributed by atoms with van der Waals surface area (Å²) in [4.78, 5) is 13.6. The summed E-state index contributed by atoms with van der Waals surface area (Å²) in [6, 6.07) is 0. The van der Waals surface area contributed by atoms with Crippen LogP contribution in [0.1, 0.15) is 46.5 Å². The fourth-order valence-electron chi connectivity index (χ4n) is 2.12. The van der Waals surface area contributed by atoms with E-state index in [1.54, 1.807) is 0 Å². The van der Waals surface area contributed by atoms with E-state index in [-0.39, 0.29) is 11.5 Å². The van der Waals surface area contributed by atoms with Crippen molar-refractivity contribution in [3.8, 4) is 0 Å². The van der Waals surface area contributed by atoms with Crippen LogP contribution in [-0.4, -0.2) is 43.9 Å². The molecule has 0 spiro atoms. The van der Waals surface area contributed by atoms with Crippen LogP contribution in [0.25, 0.3) is 0 Å². The zero-order valence-electron chi connectivity index (χ0n) is 12.0. The van der Waals surface area contributed by atoms with E-state index in [0.717, 1.165) is 52.0 Å². The van der Waals surface area contributed by atoms with E-state index in [1.807, 2.05) is 11.8 Å². The van der Waals surface area contributed by atoms with E-state index in [1.165, 1.54) is 0 Å². The van der Waals surface area contributed by atoms with E-state index >= 15 is 0 Å². The third-order valence-electron chi connectivity index (χ3n) is 3.61. The first-order chi connectivity index (χ1) is 8.61. The van der Waals surface area contributed by atoms with E-state index in [9.17, 15) is 4.79 Å². The third kappa shape index (κ3) is 4.84. The number of likely N-dealkylation sites (tertiary alicyclic amines) is 1. The highest BCUT2D eigenvalue weighted by atomic mass is 16.6. The van der Waals surface area contributed by atoms with Gasteiger partial charge in [0.1, 0.15) is 0 Å². The van der Waals surface area contributed by atoms with Gasteiger partial charge in [0.05, 0.1) is 13.2 Å². The molecule has 1 fully saturated rings. The van der Waals surface area contributed by atoms with Gasteiger partial charge in [-0.2, -0.15) is 0 Å². The first-order valence-corrected chi connectivity index (χ1v) is 7.11. The molecule has 1 saturated heterocycles. The van der Waals surface area contributed by atoms with Crippen molar-refractivity contribution in [1.29, 1.82) is 0 Å². The summed E-state index contributed by atoms with van der Waals surface area (Å²) >= 11 is 0. The lowest BCUT2D eigenvalue weighted by atomic mass is 9.81. The van der Waals surface area contributed by atoms with E-state index in [2.05, 4.69) is 13.8 Å². The number of hydrogen-bond acceptors (Lipinski definition) is 3. The van der Waals surface area contributed by atoms with Gasteiger partial charge in [-0.15, -0.1) is 0 Å². The van der Waals surface area contributed by atoms with Crippen LogP contribution < -0.4 is 0 Å². The highest BCUT2D eigenvalue weighted by molar-refractivity contribution is 5.67. The summed E-state index contributed by atoms with van der Waals surface area (Å²) in [5, 5.41) is 0. The maximum Gasteiger partial charge on any atom is 0.409 e. The number of nitrogens with zero attached hydrogens (tertiary/aromatic N) is 1. The number of ether oxygens (including phenoxy) is 2. The minimum Gasteiger partial charge on any atom is -0.449 e. The van der Waals surface area contributed by atoms with Crippen molar-refractivity contribution in [2.24, 2.45) is 5.41 Å². The lowest BCUT2D eigenvalue weighted by Gasteiger charge is -2.38. The van der Waals surface area contributed by atoms with Gasteiger partial charge in [0, 0.05) is 19.7 Å². The number of carbonyl (C=O) groups is 1. The van der Waals surface area contributed by atoms with Crippen molar-refractivity contribution in [2.75, 3.05) is 32.9 Å². The lowest BCUT2D eigenvalue weighted by Crippen LogP contribution is -2.44. The fraction of sp³-hybridized carbons (Fsp3) is 0.929. The van der Waals surface area contributed by atoms with Gasteiger partial charge in [0.2, 0.25) is 0 Å². The topological polar surface area (TPSA) is 38.8 Å². The Morgan fingerprint density at radius 3 is 2.50 bits per heavy atom. The predicted octanol–water partition coefficient (Wildman–Crippen LogP) is 3.06. The Balaban J connectivity index is 2.27. The first kappa shape index (κ1) is 15.3. The van der Waals surface area contributed by atoms with Crippen molar-refractivity contribution in [2.45, 2.75) is 46.5 Å². The van der Waals surface area contributed by atoms with Crippen molar-refractivity contribution in [3.63, 3.8) is 0 Å². The van der Waals surface area contributed by atoms with Gasteiger partial charge in [0.25, 0.3) is 0 Å². The standard InChI is InChI=1S/C14H27NO3/c1-4-6-11-18-13(16)15-9-7-14(3,8-10-15)12-17-5-2/h4-12H2,1-3H3. The molecule has 1 amide bonds. The number of piperidine rings is 1. The smallest absolute Gasteiger partial charge is 0.409 e. The van der Waals surface area contributed by atoms with Gasteiger partial charge in [-0.3, -0.25) is 0 Å². The molecule has 1 rings (SSSR count). The number of carbonyl (C=O) groups excluding carboxylic acids is 1. The zero-order valence-corrected chi connectivity index (χ0v) is 12.0. The molecule has 0 aromatic carbocycles. The van der Waals surface area contributed by atoms with Crippen LogP contribution in [0.2, 0.25) is 0 Å². The summed E-state index contributed by atoms with van der Waals surface area (Å²) in [7, 11) is 0. The molecule has 0 atom stereocenters. The molecule has 0 N–H and O–H groups in total. The van der Waals surface area contributed by atoms with Gasteiger partial charge in [-0.05, 0) is 31.6 Å². The molecule has 0 aliphatic carbocycles. The molecule has 0 aromatic rings. The summed E-state index contributed by atoms with van der Waals surface area (Å²) in [5.74, 6) is 0. The molecule has 18 heavy (non-hydrogen) atoms. The Bertz CT molecular complexity index is 247. The van der Waals surface area contributed by atoms with Crippen LogP contribution in [0.5, 0.6) is 0 Å². The number of amides is 1. The maximum atomic E-state index is 11.8. The molecule has 4 nitrogen and oxygen atoms in total. The molecule has 0 aromatic heterocycles. The maximum absolute atomic E-state index is 11.8. The van der Waals surface area contributed by atoms with Crippen molar-refractivity contribution in [1.82, 2.24) is 4.90 Å². The van der Waals surface area contributed by atoms with Gasteiger partial charge in [0.15, 0.2) is 0 Å². The Hall–Kier alpha value is -0.770. The number of hydrogen-bond donors (Lipinski definition) is 0. The summed E-state index contributed by atoms with van der Waals surface area (Å²) in [5.41, 5.74) is 0.218. The van der Waals surface area contributed by atoms with E-state index in [0.29, 0.717) is 6.61 Å². The molecule has 1 heterocycles. The van der Waals surface area contributed by atoms with Crippen LogP contribution in [0.3, 0.4) is 0 Å². The molecule has 0 bridgehead atoms. The normalized spacial score (nSPS) is 18.7. The second-order valence-electron chi connectivity index (χ2n) is 5.40. The van der Waals surface area contributed by atoms with Gasteiger partial charge < -0.3 is 14.4 Å². The quantitative estimate of drug-likeness (QED) is 0.686. The number of rotatable bonds is 6. The van der Waals surface area contributed by atoms with Crippen LogP contribution in [0.4, 0.5) is 4.79 Å². The fourth-order valence-corrected chi connectivity index (χ4v) is 2.12. The average Bonchev–Trinajstić information content (AvgIpc) is 2.37. The molecule has 1 aliphatic heterocycles. The minimum absolute atomic E-state index is 0.151. The Kier molecular flexibility index (Phi) is 6.47. The van der Waals surface area contributed by atoms with Gasteiger partial charge in [-0.1, -0.05) is 20.3 Å². The Labute approximate surface area is 111 Å². The van der Waals surface area contributed by atoms with Crippen LogP contribution >= 0.6 is 0 Å². The van der Waals surface area contributed by atoms with Gasteiger partial charge in [-0.25, -0.2) is 4.79 Å². The van der Waals surface area contributed by atoms with Gasteiger partial charge >= 0.3 is 6.09 Å². The Morgan fingerprint density at radius 1 is 1.28 bits per heavy atom. The summed E-state index contributed by atoms with van der Waals surface area (Å²) in [6.45, 7) is 10.0. The lowest BCUT2D eigenvalue weighted by molar-refractivity contribution is 0.0131. The second-order valence-corrected chi connectivity index (χ2v) is 5.40. The highest BCUT2D eigenvalue weighted by Crippen LogP contribution is 2.31. The van der Waals surface area contributed by atoms with E-state index in [4.69, 9.17) is 9.47 Å². The monoisotopic (exact) mass is 257 g/mol. The molecular formula is C14H27NO3. The minimum atomic E-state index is -0.151. The molecule has 0 radical (unpaired) electrons. The average molecular weight is 257 g/mol. The van der Waals surface area contributed by atoms with Crippen LogP contribution in [0.15, 0.2) is 0 Å². The largest absolute Gasteiger partial charge is 0.449 e. The highest BCUT2D eigenvalue weighted by Gasteiger charge is 2.32. The molecule has 106 valence electrons. The molecular weight excluding hydrogens is 230 g/mol. The molecule has 0 saturated carbocycles. The predicted molar refractivity (Wildman–Crippen MR) is 71.7 cm³/mol. The SMILES string of the molecule is CCCCOC(=O)N1CCC(C)(COCC)CC1. The van der Waals surface area contributed by atoms with Crippen molar-refractivity contribution in [3.05, 3.63) is 0 Å². The van der Waals surface area contributed by atoms with Crippen molar-refractivity contribution >= 4 is 6.09 Å².